The van der Waals surface area contributed by atoms with Gasteiger partial charge in [0.25, 0.3) is 0 Å². The van der Waals surface area contributed by atoms with Crippen LogP contribution in [0.4, 0.5) is 10.5 Å². The maximum Gasteiger partial charge on any atom is 0.325 e. The summed E-state index contributed by atoms with van der Waals surface area (Å²) in [5.74, 6) is -0.115. The maximum absolute atomic E-state index is 11.6. The summed E-state index contributed by atoms with van der Waals surface area (Å²) in [6.45, 7) is 1.37. The Morgan fingerprint density at radius 2 is 1.95 bits per heavy atom. The van der Waals surface area contributed by atoms with Gasteiger partial charge in [0.15, 0.2) is 0 Å². The number of nitrogens with one attached hydrogen (secondary N) is 2. The smallest absolute Gasteiger partial charge is 0.325 e. The summed E-state index contributed by atoms with van der Waals surface area (Å²) in [6.07, 6.45) is 0. The Morgan fingerprint density at radius 3 is 2.47 bits per heavy atom. The number of methoxy groups -OCH3 is 2. The number of aliphatic carboxylic acids is 1. The first-order valence-corrected chi connectivity index (χ1v) is 5.50. The van der Waals surface area contributed by atoms with Crippen LogP contribution in [-0.2, 0) is 4.79 Å². The molecule has 1 aromatic rings. The number of carboxylic acids is 1. The molecule has 0 aliphatic rings. The summed E-state index contributed by atoms with van der Waals surface area (Å²) < 4.78 is 10.1. The number of hydrogen-bond donors (Lipinski definition) is 3. The summed E-state index contributed by atoms with van der Waals surface area (Å²) >= 11 is 0. The first kappa shape index (κ1) is 14.6. The number of carbonyl (C=O) groups excluding carboxylic acids is 1. The fraction of sp³-hybridized carbons (Fsp3) is 0.333. The lowest BCUT2D eigenvalue weighted by molar-refractivity contribution is -0.138. The van der Waals surface area contributed by atoms with Crippen molar-refractivity contribution in [3.63, 3.8) is 0 Å². The van der Waals surface area contributed by atoms with Crippen LogP contribution in [-0.4, -0.2) is 37.4 Å². The third kappa shape index (κ3) is 4.06. The molecule has 0 aliphatic heterocycles. The molecule has 1 atom stereocenters. The van der Waals surface area contributed by atoms with Gasteiger partial charge in [-0.15, -0.1) is 0 Å². The number of anilines is 1. The molecular formula is C12H16N2O5. The summed E-state index contributed by atoms with van der Waals surface area (Å²) in [6, 6.07) is 3.25. The van der Waals surface area contributed by atoms with E-state index in [1.807, 2.05) is 0 Å². The second-order valence-corrected chi connectivity index (χ2v) is 3.72. The molecule has 2 amide bonds. The third-order valence-corrected chi connectivity index (χ3v) is 2.37. The second-order valence-electron chi connectivity index (χ2n) is 3.72. The normalized spacial score (nSPS) is 11.3. The molecule has 0 aromatic heterocycles. The van der Waals surface area contributed by atoms with Crippen molar-refractivity contribution in [1.29, 1.82) is 0 Å². The van der Waals surface area contributed by atoms with E-state index in [0.29, 0.717) is 17.2 Å². The first-order valence-electron chi connectivity index (χ1n) is 5.50. The van der Waals surface area contributed by atoms with Crippen molar-refractivity contribution in [2.24, 2.45) is 0 Å². The summed E-state index contributed by atoms with van der Waals surface area (Å²) in [5.41, 5.74) is 0.415. The van der Waals surface area contributed by atoms with Gasteiger partial charge in [-0.2, -0.15) is 0 Å². The lowest BCUT2D eigenvalue weighted by Gasteiger charge is -2.13. The molecule has 3 N–H and O–H groups in total. The van der Waals surface area contributed by atoms with Gasteiger partial charge in [0, 0.05) is 6.07 Å². The number of benzene rings is 1. The van der Waals surface area contributed by atoms with Crippen LogP contribution in [0.25, 0.3) is 0 Å². The predicted octanol–water partition coefficient (Wildman–Crippen LogP) is 1.30. The summed E-state index contributed by atoms with van der Waals surface area (Å²) in [4.78, 5) is 22.2. The minimum atomic E-state index is -1.11. The molecular weight excluding hydrogens is 252 g/mol. The molecule has 104 valence electrons. The molecule has 0 aliphatic carbocycles. The van der Waals surface area contributed by atoms with Gasteiger partial charge in [-0.05, 0) is 19.1 Å². The van der Waals surface area contributed by atoms with E-state index in [2.05, 4.69) is 10.6 Å². The van der Waals surface area contributed by atoms with Gasteiger partial charge in [-0.25, -0.2) is 4.79 Å². The van der Waals surface area contributed by atoms with E-state index in [9.17, 15) is 9.59 Å². The zero-order valence-corrected chi connectivity index (χ0v) is 10.9. The van der Waals surface area contributed by atoms with Crippen LogP contribution >= 0.6 is 0 Å². The highest BCUT2D eigenvalue weighted by Crippen LogP contribution is 2.28. The average molecular weight is 268 g/mol. The molecule has 0 radical (unpaired) electrons. The van der Waals surface area contributed by atoms with E-state index in [1.54, 1.807) is 18.2 Å². The number of hydrogen-bond acceptors (Lipinski definition) is 4. The monoisotopic (exact) mass is 268 g/mol. The Bertz CT molecular complexity index is 475. The molecule has 0 spiro atoms. The molecule has 0 fully saturated rings. The lowest BCUT2D eigenvalue weighted by Crippen LogP contribution is -2.40. The van der Waals surface area contributed by atoms with Gasteiger partial charge in [0.05, 0.1) is 19.9 Å². The van der Waals surface area contributed by atoms with Crippen molar-refractivity contribution in [2.75, 3.05) is 19.5 Å². The van der Waals surface area contributed by atoms with E-state index in [4.69, 9.17) is 14.6 Å². The van der Waals surface area contributed by atoms with Crippen molar-refractivity contribution in [3.05, 3.63) is 18.2 Å². The Hall–Kier alpha value is -2.44. The van der Waals surface area contributed by atoms with E-state index in [0.717, 1.165) is 0 Å². The molecule has 1 rings (SSSR count). The summed E-state index contributed by atoms with van der Waals surface area (Å²) in [7, 11) is 2.97. The predicted molar refractivity (Wildman–Crippen MR) is 68.8 cm³/mol. The molecule has 0 bridgehead atoms. The second kappa shape index (κ2) is 6.48. The number of amides is 2. The van der Waals surface area contributed by atoms with Crippen molar-refractivity contribution < 1.29 is 24.2 Å². The number of urea groups is 1. The maximum atomic E-state index is 11.6. The Balaban J connectivity index is 2.76. The van der Waals surface area contributed by atoms with Crippen LogP contribution in [0.2, 0.25) is 0 Å². The van der Waals surface area contributed by atoms with Crippen molar-refractivity contribution >= 4 is 17.7 Å². The Morgan fingerprint density at radius 1 is 1.26 bits per heavy atom. The first-order chi connectivity index (χ1) is 8.97. The van der Waals surface area contributed by atoms with Crippen LogP contribution < -0.4 is 20.1 Å². The minimum Gasteiger partial charge on any atom is -0.497 e. The SMILES string of the molecule is COc1ccc(NC(=O)N[C@H](C)C(=O)O)c(OC)c1. The van der Waals surface area contributed by atoms with Gasteiger partial charge < -0.3 is 25.2 Å². The lowest BCUT2D eigenvalue weighted by atomic mass is 10.2. The van der Waals surface area contributed by atoms with Crippen molar-refractivity contribution in [2.45, 2.75) is 13.0 Å². The molecule has 0 unspecified atom stereocenters. The van der Waals surface area contributed by atoms with Gasteiger partial charge in [-0.1, -0.05) is 0 Å². The zero-order chi connectivity index (χ0) is 14.4. The fourth-order valence-corrected chi connectivity index (χ4v) is 1.32. The van der Waals surface area contributed by atoms with E-state index < -0.39 is 18.0 Å². The Labute approximate surface area is 110 Å². The molecule has 0 saturated carbocycles. The molecule has 0 heterocycles. The average Bonchev–Trinajstić information content (AvgIpc) is 2.38. The van der Waals surface area contributed by atoms with Crippen LogP contribution in [0.15, 0.2) is 18.2 Å². The van der Waals surface area contributed by atoms with Crippen LogP contribution in [0, 0.1) is 0 Å². The molecule has 7 nitrogen and oxygen atoms in total. The standard InChI is InChI=1S/C12H16N2O5/c1-7(11(15)16)13-12(17)14-9-5-4-8(18-2)6-10(9)19-3/h4-7H,1-3H3,(H,15,16)(H2,13,14,17)/t7-/m1/s1. The van der Waals surface area contributed by atoms with E-state index in [1.165, 1.54) is 21.1 Å². The quantitative estimate of drug-likeness (QED) is 0.747. The molecule has 19 heavy (non-hydrogen) atoms. The Kier molecular flexibility index (Phi) is 4.99. The minimum absolute atomic E-state index is 0.414. The van der Waals surface area contributed by atoms with Crippen LogP contribution in [0.1, 0.15) is 6.92 Å². The van der Waals surface area contributed by atoms with Crippen molar-refractivity contribution in [3.8, 4) is 11.5 Å². The van der Waals surface area contributed by atoms with Gasteiger partial charge in [-0.3, -0.25) is 4.79 Å². The zero-order valence-electron chi connectivity index (χ0n) is 10.9. The highest BCUT2D eigenvalue weighted by Gasteiger charge is 2.15. The molecule has 0 saturated heterocycles. The number of ether oxygens (including phenoxy) is 2. The largest absolute Gasteiger partial charge is 0.497 e. The number of carbonyl (C=O) groups is 2. The van der Waals surface area contributed by atoms with Gasteiger partial charge in [0.1, 0.15) is 17.5 Å². The third-order valence-electron chi connectivity index (χ3n) is 2.37. The van der Waals surface area contributed by atoms with E-state index >= 15 is 0 Å². The highest BCUT2D eigenvalue weighted by molar-refractivity contribution is 5.93. The van der Waals surface area contributed by atoms with Crippen LogP contribution in [0.3, 0.4) is 0 Å². The van der Waals surface area contributed by atoms with Gasteiger partial charge >= 0.3 is 12.0 Å². The number of carboxylic acid groups (broad SMARTS) is 1. The van der Waals surface area contributed by atoms with E-state index in [-0.39, 0.29) is 0 Å². The topological polar surface area (TPSA) is 96.9 Å². The van der Waals surface area contributed by atoms with Gasteiger partial charge in [0.2, 0.25) is 0 Å². The number of rotatable bonds is 5. The van der Waals surface area contributed by atoms with Crippen molar-refractivity contribution in [1.82, 2.24) is 5.32 Å². The highest BCUT2D eigenvalue weighted by atomic mass is 16.5. The molecule has 7 heteroatoms. The molecule has 1 aromatic carbocycles. The van der Waals surface area contributed by atoms with Crippen LogP contribution in [0.5, 0.6) is 11.5 Å². The fourth-order valence-electron chi connectivity index (χ4n) is 1.32. The summed E-state index contributed by atoms with van der Waals surface area (Å²) in [5, 5.41) is 13.5.